The smallest absolute Gasteiger partial charge is 0.300 e. The van der Waals surface area contributed by atoms with Crippen molar-refractivity contribution in [3.63, 3.8) is 0 Å². The van der Waals surface area contributed by atoms with Gasteiger partial charge in [-0.1, -0.05) is 0 Å². The monoisotopic (exact) mass is 405 g/mol. The highest BCUT2D eigenvalue weighted by atomic mass is 32.2. The third-order valence-electron chi connectivity index (χ3n) is 2.60. The molecule has 0 bridgehead atoms. The maximum Gasteiger partial charge on any atom is 0.300 e. The van der Waals surface area contributed by atoms with Crippen LogP contribution < -0.4 is 6.15 Å². The van der Waals surface area contributed by atoms with Crippen molar-refractivity contribution >= 4 is 10.1 Å². The van der Waals surface area contributed by atoms with Crippen LogP contribution in [0.2, 0.25) is 0 Å². The summed E-state index contributed by atoms with van der Waals surface area (Å²) in [6.07, 6.45) is -32.2. The third kappa shape index (κ3) is 6.23. The highest BCUT2D eigenvalue weighted by Crippen LogP contribution is 2.29. The number of halogens is 10. The Labute approximate surface area is 129 Å². The predicted octanol–water partition coefficient (Wildman–Crippen LogP) is 2.96. The highest BCUT2D eigenvalue weighted by Gasteiger charge is 2.50. The van der Waals surface area contributed by atoms with Gasteiger partial charge >= 0.3 is 10.1 Å². The fourth-order valence-corrected chi connectivity index (χ4v) is 1.80. The summed E-state index contributed by atoms with van der Waals surface area (Å²) in [6, 6.07) is 0. The summed E-state index contributed by atoms with van der Waals surface area (Å²) in [6.45, 7) is 0. The van der Waals surface area contributed by atoms with Gasteiger partial charge in [0.05, 0.1) is 0 Å². The lowest BCUT2D eigenvalue weighted by atomic mass is 10.00. The lowest BCUT2D eigenvalue weighted by Crippen LogP contribution is -2.48. The predicted molar refractivity (Wildman–Crippen MR) is 61.7 cm³/mol. The van der Waals surface area contributed by atoms with E-state index >= 15 is 0 Å². The van der Waals surface area contributed by atoms with Crippen LogP contribution in [0.4, 0.5) is 43.9 Å². The maximum absolute atomic E-state index is 13.1. The Morgan fingerprint density at radius 3 is 1.04 bits per heavy atom. The van der Waals surface area contributed by atoms with Gasteiger partial charge in [-0.05, 0) is 0 Å². The van der Waals surface area contributed by atoms with E-state index in [2.05, 4.69) is 0 Å². The Morgan fingerprint density at radius 2 is 0.792 bits per heavy atom. The molecule has 0 aromatic heterocycles. The Bertz CT molecular complexity index is 468. The number of alkyl halides is 10. The summed E-state index contributed by atoms with van der Waals surface area (Å²) in [5.74, 6) is 0. The van der Waals surface area contributed by atoms with E-state index in [0.717, 1.165) is 0 Å². The highest BCUT2D eigenvalue weighted by molar-refractivity contribution is 7.86. The van der Waals surface area contributed by atoms with Gasteiger partial charge in [-0.2, -0.15) is 8.42 Å². The Morgan fingerprint density at radius 1 is 0.542 bits per heavy atom. The van der Waals surface area contributed by atoms with Crippen LogP contribution in [0.5, 0.6) is 0 Å². The molecule has 4 nitrogen and oxygen atoms in total. The van der Waals surface area contributed by atoms with Crippen LogP contribution in [0.25, 0.3) is 0 Å². The van der Waals surface area contributed by atoms with Gasteiger partial charge in [-0.25, -0.2) is 43.9 Å². The van der Waals surface area contributed by atoms with E-state index in [9.17, 15) is 52.3 Å². The zero-order valence-electron chi connectivity index (χ0n) is 11.4. The number of hydrogen-bond acceptors (Lipinski definition) is 3. The van der Waals surface area contributed by atoms with Gasteiger partial charge in [0.1, 0.15) is 0 Å². The molecule has 0 aromatic carbocycles. The van der Waals surface area contributed by atoms with E-state index in [1.807, 2.05) is 0 Å². The molecular weight excluding hydrogens is 392 g/mol. The minimum atomic E-state index is -5.87. The van der Waals surface area contributed by atoms with E-state index in [0.29, 0.717) is 0 Å². The van der Waals surface area contributed by atoms with Crippen molar-refractivity contribution in [2.75, 3.05) is 0 Å². The van der Waals surface area contributed by atoms with Gasteiger partial charge in [0.2, 0.25) is 0 Å². The van der Waals surface area contributed by atoms with E-state index in [1.54, 1.807) is 0 Å². The molecule has 148 valence electrons. The molecule has 0 saturated heterocycles. The molecule has 0 aliphatic heterocycles. The van der Waals surface area contributed by atoms with Crippen LogP contribution in [0.1, 0.15) is 0 Å². The van der Waals surface area contributed by atoms with Crippen LogP contribution in [0.3, 0.4) is 0 Å². The lowest BCUT2D eigenvalue weighted by Gasteiger charge is -2.25. The third-order valence-corrected chi connectivity index (χ3v) is 3.43. The summed E-state index contributed by atoms with van der Waals surface area (Å²) < 4.78 is 155. The first-order valence-corrected chi connectivity index (χ1v) is 7.10. The summed E-state index contributed by atoms with van der Waals surface area (Å²) in [5.41, 5.74) is -4.07. The minimum absolute atomic E-state index is 0. The normalized spacial score (nSPS) is 22.7. The zero-order valence-corrected chi connectivity index (χ0v) is 12.2. The van der Waals surface area contributed by atoms with Crippen molar-refractivity contribution in [2.45, 2.75) is 55.1 Å². The van der Waals surface area contributed by atoms with Gasteiger partial charge in [-0.15, -0.1) is 0 Å². The minimum Gasteiger partial charge on any atom is -0.344 e. The van der Waals surface area contributed by atoms with Gasteiger partial charge in [0, 0.05) is 0 Å². The van der Waals surface area contributed by atoms with Crippen molar-refractivity contribution in [1.82, 2.24) is 6.15 Å². The fraction of sp³-hybridized carbons (Fsp3) is 1.00. The zero-order chi connectivity index (χ0) is 18.7. The van der Waals surface area contributed by atoms with Crippen molar-refractivity contribution in [3.8, 4) is 0 Å². The van der Waals surface area contributed by atoms with E-state index in [-0.39, 0.29) is 6.15 Å². The van der Waals surface area contributed by atoms with Crippen LogP contribution in [-0.2, 0) is 10.1 Å². The SMILES string of the molecule is N.O=S(=O)(O)C(F)C(F)C(F)C(F)C(F)C(F)C(F)C(F)C(F)F. The van der Waals surface area contributed by atoms with Crippen molar-refractivity contribution in [2.24, 2.45) is 0 Å². The maximum atomic E-state index is 13.1. The summed E-state index contributed by atoms with van der Waals surface area (Å²) in [7, 11) is -5.87. The van der Waals surface area contributed by atoms with Gasteiger partial charge < -0.3 is 6.15 Å². The molecule has 0 aromatic rings. The lowest BCUT2D eigenvalue weighted by molar-refractivity contribution is -0.0674. The molecule has 0 radical (unpaired) electrons. The standard InChI is InChI=1S/C9H10F10O3S.H3N/c10-1(2(11)4(13)6(15)8(17)18)3(12)5(14)7(16)9(19)23(20,21)22;/h1-9H,(H,20,21,22);1H3. The van der Waals surface area contributed by atoms with Crippen LogP contribution in [-0.4, -0.2) is 68.1 Å². The average Bonchev–Trinajstić information content (AvgIpc) is 2.47. The van der Waals surface area contributed by atoms with Crippen LogP contribution >= 0.6 is 0 Å². The Hall–Kier alpha value is -0.830. The second-order valence-corrected chi connectivity index (χ2v) is 5.79. The molecule has 0 amide bonds. The largest absolute Gasteiger partial charge is 0.344 e. The number of hydrogen-bond donors (Lipinski definition) is 2. The summed E-state index contributed by atoms with van der Waals surface area (Å²) >= 11 is 0. The molecule has 4 N–H and O–H groups in total. The van der Waals surface area contributed by atoms with E-state index < -0.39 is 65.2 Å². The molecular formula is C9H13F10NO3S. The second kappa shape index (κ2) is 9.60. The van der Waals surface area contributed by atoms with Gasteiger partial charge in [-0.3, -0.25) is 4.55 Å². The molecule has 0 spiro atoms. The molecule has 0 fully saturated rings. The second-order valence-electron chi connectivity index (χ2n) is 4.31. The first kappa shape index (κ1) is 25.4. The number of rotatable bonds is 9. The molecule has 8 unspecified atom stereocenters. The first-order chi connectivity index (χ1) is 10.2. The van der Waals surface area contributed by atoms with Gasteiger partial charge in [0.15, 0.2) is 43.2 Å². The Kier molecular flexibility index (Phi) is 10.2. The molecule has 0 heterocycles. The van der Waals surface area contributed by atoms with E-state index in [4.69, 9.17) is 4.55 Å². The van der Waals surface area contributed by atoms with Gasteiger partial charge in [0.25, 0.3) is 11.9 Å². The Balaban J connectivity index is 0. The molecule has 24 heavy (non-hydrogen) atoms. The summed E-state index contributed by atoms with van der Waals surface area (Å²) in [5, 5.41) is 0. The van der Waals surface area contributed by atoms with Crippen molar-refractivity contribution in [1.29, 1.82) is 0 Å². The quantitative estimate of drug-likeness (QED) is 0.456. The molecule has 15 heteroatoms. The van der Waals surface area contributed by atoms with Crippen LogP contribution in [0, 0.1) is 0 Å². The fourth-order valence-electron chi connectivity index (χ4n) is 1.33. The van der Waals surface area contributed by atoms with E-state index in [1.165, 1.54) is 0 Å². The molecule has 0 aliphatic carbocycles. The first-order valence-electron chi connectivity index (χ1n) is 5.60. The molecule has 0 rings (SSSR count). The molecule has 0 aliphatic rings. The van der Waals surface area contributed by atoms with Crippen LogP contribution in [0.15, 0.2) is 0 Å². The topological polar surface area (TPSA) is 89.4 Å². The molecule has 8 atom stereocenters. The van der Waals surface area contributed by atoms with Crippen molar-refractivity contribution < 1.29 is 56.9 Å². The summed E-state index contributed by atoms with van der Waals surface area (Å²) in [4.78, 5) is 0. The molecule has 0 saturated carbocycles. The average molecular weight is 405 g/mol. The van der Waals surface area contributed by atoms with Crippen molar-refractivity contribution in [3.05, 3.63) is 0 Å².